The fraction of sp³-hybridized carbons (Fsp3) is 0.143. The van der Waals surface area contributed by atoms with Gasteiger partial charge in [0, 0.05) is 16.3 Å². The van der Waals surface area contributed by atoms with E-state index in [0.29, 0.717) is 0 Å². The lowest BCUT2D eigenvalue weighted by Crippen LogP contribution is -1.97. The van der Waals surface area contributed by atoms with Crippen molar-refractivity contribution >= 4 is 21.7 Å². The molecule has 1 heterocycles. The Morgan fingerprint density at radius 1 is 0.696 bits per heavy atom. The van der Waals surface area contributed by atoms with Crippen LogP contribution in [-0.4, -0.2) is 9.97 Å². The molecular weight excluding hydrogens is 280 g/mol. The molecule has 0 saturated heterocycles. The predicted octanol–water partition coefficient (Wildman–Crippen LogP) is 5.38. The Bertz CT molecular complexity index is 1030. The molecule has 4 aromatic rings. The summed E-state index contributed by atoms with van der Waals surface area (Å²) >= 11 is 0. The third-order valence-corrected chi connectivity index (χ3v) is 4.40. The number of fused-ring (bicyclic) bond motifs is 3. The van der Waals surface area contributed by atoms with E-state index < -0.39 is 0 Å². The minimum absolute atomic E-state index is 0.810. The van der Waals surface area contributed by atoms with Crippen LogP contribution in [0.4, 0.5) is 0 Å². The molecule has 0 amide bonds. The number of hydrogen-bond donors (Lipinski definition) is 0. The molecule has 1 aromatic heterocycles. The number of aryl methyl sites for hydroxylation is 3. The van der Waals surface area contributed by atoms with Crippen molar-refractivity contribution in [3.8, 4) is 11.3 Å². The molecule has 0 aliphatic heterocycles. The summed E-state index contributed by atoms with van der Waals surface area (Å²) in [6.45, 7) is 6.28. The van der Waals surface area contributed by atoms with Gasteiger partial charge in [-0.1, -0.05) is 48.5 Å². The van der Waals surface area contributed by atoms with Crippen LogP contribution in [0.25, 0.3) is 32.9 Å². The Hall–Kier alpha value is -2.74. The van der Waals surface area contributed by atoms with Gasteiger partial charge in [-0.2, -0.15) is 0 Å². The fourth-order valence-corrected chi connectivity index (χ4v) is 3.33. The molecule has 0 N–H and O–H groups in total. The largest absolute Gasteiger partial charge is 0.233 e. The van der Waals surface area contributed by atoms with Gasteiger partial charge in [0.1, 0.15) is 5.82 Å². The second-order valence-electron chi connectivity index (χ2n) is 6.07. The minimum Gasteiger partial charge on any atom is -0.233 e. The molecule has 3 aromatic carbocycles. The van der Waals surface area contributed by atoms with Gasteiger partial charge in [-0.25, -0.2) is 9.97 Å². The maximum Gasteiger partial charge on any atom is 0.126 e. The monoisotopic (exact) mass is 298 g/mol. The van der Waals surface area contributed by atoms with Crippen molar-refractivity contribution in [1.82, 2.24) is 9.97 Å². The van der Waals surface area contributed by atoms with E-state index in [1.807, 2.05) is 13.0 Å². The van der Waals surface area contributed by atoms with Gasteiger partial charge in [-0.15, -0.1) is 0 Å². The van der Waals surface area contributed by atoms with Crippen LogP contribution in [-0.2, 0) is 0 Å². The first kappa shape index (κ1) is 13.9. The number of hydrogen-bond acceptors (Lipinski definition) is 2. The smallest absolute Gasteiger partial charge is 0.126 e. The van der Waals surface area contributed by atoms with Gasteiger partial charge < -0.3 is 0 Å². The molecule has 0 atom stereocenters. The molecule has 0 saturated carbocycles. The summed E-state index contributed by atoms with van der Waals surface area (Å²) in [7, 11) is 0. The predicted molar refractivity (Wildman–Crippen MR) is 96.7 cm³/mol. The van der Waals surface area contributed by atoms with E-state index in [9.17, 15) is 0 Å². The molecule has 4 rings (SSSR count). The third kappa shape index (κ3) is 2.18. The van der Waals surface area contributed by atoms with Gasteiger partial charge in [0.05, 0.1) is 11.2 Å². The van der Waals surface area contributed by atoms with Gasteiger partial charge in [-0.05, 0) is 43.4 Å². The first-order chi connectivity index (χ1) is 11.1. The quantitative estimate of drug-likeness (QED) is 0.441. The average molecular weight is 298 g/mol. The zero-order valence-electron chi connectivity index (χ0n) is 13.6. The number of aromatic nitrogens is 2. The molecule has 0 bridgehead atoms. The number of nitrogens with zero attached hydrogens (tertiary/aromatic N) is 2. The Labute approximate surface area is 135 Å². The summed E-state index contributed by atoms with van der Waals surface area (Å²) in [4.78, 5) is 9.52. The van der Waals surface area contributed by atoms with Crippen LogP contribution in [0.15, 0.2) is 54.6 Å². The Morgan fingerprint density at radius 3 is 2.26 bits per heavy atom. The normalized spacial score (nSPS) is 11.3. The second kappa shape index (κ2) is 5.17. The van der Waals surface area contributed by atoms with E-state index in [-0.39, 0.29) is 0 Å². The van der Waals surface area contributed by atoms with E-state index in [2.05, 4.69) is 62.4 Å². The van der Waals surface area contributed by atoms with Crippen LogP contribution >= 0.6 is 0 Å². The summed E-state index contributed by atoms with van der Waals surface area (Å²) < 4.78 is 0. The Morgan fingerprint density at radius 2 is 1.48 bits per heavy atom. The van der Waals surface area contributed by atoms with Gasteiger partial charge >= 0.3 is 0 Å². The summed E-state index contributed by atoms with van der Waals surface area (Å²) in [5.41, 5.74) is 5.72. The Balaban J connectivity index is 2.23. The third-order valence-electron chi connectivity index (χ3n) is 4.40. The highest BCUT2D eigenvalue weighted by molar-refractivity contribution is 6.11. The highest BCUT2D eigenvalue weighted by Crippen LogP contribution is 2.34. The van der Waals surface area contributed by atoms with Crippen molar-refractivity contribution in [3.05, 3.63) is 71.5 Å². The van der Waals surface area contributed by atoms with Crippen LogP contribution < -0.4 is 0 Å². The van der Waals surface area contributed by atoms with Crippen LogP contribution in [0, 0.1) is 20.8 Å². The molecule has 23 heavy (non-hydrogen) atoms. The zero-order valence-corrected chi connectivity index (χ0v) is 13.6. The topological polar surface area (TPSA) is 25.8 Å². The number of benzene rings is 3. The van der Waals surface area contributed by atoms with Crippen LogP contribution in [0.1, 0.15) is 17.0 Å². The second-order valence-corrected chi connectivity index (χ2v) is 6.07. The maximum atomic E-state index is 4.78. The molecule has 0 spiro atoms. The van der Waals surface area contributed by atoms with E-state index in [1.165, 1.54) is 21.9 Å². The van der Waals surface area contributed by atoms with Crippen molar-refractivity contribution in [2.45, 2.75) is 20.8 Å². The van der Waals surface area contributed by atoms with Crippen molar-refractivity contribution in [3.63, 3.8) is 0 Å². The molecular formula is C21H18N2. The maximum absolute atomic E-state index is 4.78. The molecule has 2 heteroatoms. The summed E-state index contributed by atoms with van der Waals surface area (Å²) in [5, 5.41) is 3.64. The number of rotatable bonds is 1. The van der Waals surface area contributed by atoms with E-state index in [1.54, 1.807) is 0 Å². The molecule has 0 unspecified atom stereocenters. The van der Waals surface area contributed by atoms with Crippen LogP contribution in [0.3, 0.4) is 0 Å². The highest BCUT2D eigenvalue weighted by atomic mass is 14.9. The zero-order chi connectivity index (χ0) is 16.0. The van der Waals surface area contributed by atoms with Crippen molar-refractivity contribution in [2.24, 2.45) is 0 Å². The van der Waals surface area contributed by atoms with Gasteiger partial charge in [0.15, 0.2) is 0 Å². The first-order valence-corrected chi connectivity index (χ1v) is 7.88. The molecule has 0 aliphatic carbocycles. The van der Waals surface area contributed by atoms with Gasteiger partial charge in [0.2, 0.25) is 0 Å². The van der Waals surface area contributed by atoms with Crippen molar-refractivity contribution < 1.29 is 0 Å². The Kier molecular flexibility index (Phi) is 3.12. The van der Waals surface area contributed by atoms with E-state index in [4.69, 9.17) is 9.97 Å². The average Bonchev–Trinajstić information content (AvgIpc) is 2.56. The van der Waals surface area contributed by atoms with Gasteiger partial charge in [0.25, 0.3) is 0 Å². The lowest BCUT2D eigenvalue weighted by Gasteiger charge is -2.13. The fourth-order valence-electron chi connectivity index (χ4n) is 3.33. The van der Waals surface area contributed by atoms with Crippen molar-refractivity contribution in [1.29, 1.82) is 0 Å². The highest BCUT2D eigenvalue weighted by Gasteiger charge is 2.13. The lowest BCUT2D eigenvalue weighted by atomic mass is 9.95. The summed E-state index contributed by atoms with van der Waals surface area (Å²) in [6, 6.07) is 19.0. The van der Waals surface area contributed by atoms with Gasteiger partial charge in [-0.3, -0.25) is 0 Å². The van der Waals surface area contributed by atoms with Crippen LogP contribution in [0.5, 0.6) is 0 Å². The SMILES string of the molecule is Cc1nc(-c2ccccc2)c2cc(C)c3cccc(C)c3c2n1. The molecule has 2 nitrogen and oxygen atoms in total. The molecule has 112 valence electrons. The molecule has 0 fully saturated rings. The van der Waals surface area contributed by atoms with E-state index >= 15 is 0 Å². The van der Waals surface area contributed by atoms with Crippen LogP contribution in [0.2, 0.25) is 0 Å². The minimum atomic E-state index is 0.810. The summed E-state index contributed by atoms with van der Waals surface area (Å²) in [6.07, 6.45) is 0. The standard InChI is InChI=1S/C21H18N2/c1-13-8-7-11-17-14(2)12-18-20(16-9-5-4-6-10-16)22-15(3)23-21(18)19(13)17/h4-12H,1-3H3. The summed E-state index contributed by atoms with van der Waals surface area (Å²) in [5.74, 6) is 0.810. The molecule has 0 radical (unpaired) electrons. The van der Waals surface area contributed by atoms with Crippen molar-refractivity contribution in [2.75, 3.05) is 0 Å². The first-order valence-electron chi connectivity index (χ1n) is 7.88. The lowest BCUT2D eigenvalue weighted by molar-refractivity contribution is 1.10. The molecule has 0 aliphatic rings. The van der Waals surface area contributed by atoms with E-state index in [0.717, 1.165) is 28.0 Å².